The molecule has 7 heteroatoms. The second kappa shape index (κ2) is 8.15. The summed E-state index contributed by atoms with van der Waals surface area (Å²) in [5.41, 5.74) is 1.95. The van der Waals surface area contributed by atoms with E-state index in [1.165, 1.54) is 6.07 Å². The van der Waals surface area contributed by atoms with Crippen LogP contribution in [0.25, 0.3) is 0 Å². The number of rotatable bonds is 4. The first kappa shape index (κ1) is 18.3. The average molecular weight is 377 g/mol. The highest BCUT2D eigenvalue weighted by Crippen LogP contribution is 2.22. The molecule has 0 bridgehead atoms. The molecule has 0 aliphatic carbocycles. The van der Waals surface area contributed by atoms with Crippen LogP contribution >= 0.6 is 35.6 Å². The van der Waals surface area contributed by atoms with Gasteiger partial charge in [0.05, 0.1) is 11.9 Å². The lowest BCUT2D eigenvalue weighted by Gasteiger charge is -2.18. The normalized spacial score (nSPS) is 17.2. The summed E-state index contributed by atoms with van der Waals surface area (Å²) in [6, 6.07) is 8.99. The van der Waals surface area contributed by atoms with E-state index in [4.69, 9.17) is 23.2 Å². The third kappa shape index (κ3) is 4.70. The molecule has 1 aromatic heterocycles. The Morgan fingerprint density at radius 1 is 1.26 bits per heavy atom. The Bertz CT molecular complexity index is 652. The van der Waals surface area contributed by atoms with Gasteiger partial charge in [-0.15, -0.1) is 12.4 Å². The van der Waals surface area contributed by atoms with Gasteiger partial charge in [-0.1, -0.05) is 23.2 Å². The first-order valence-electron chi connectivity index (χ1n) is 7.15. The van der Waals surface area contributed by atoms with Crippen molar-refractivity contribution in [1.82, 2.24) is 10.3 Å². The Morgan fingerprint density at radius 3 is 2.83 bits per heavy atom. The number of pyridine rings is 1. The molecule has 1 aliphatic rings. The van der Waals surface area contributed by atoms with E-state index in [9.17, 15) is 4.39 Å². The first-order chi connectivity index (χ1) is 10.6. The summed E-state index contributed by atoms with van der Waals surface area (Å²) in [4.78, 5) is 5.90. The Hall–Kier alpha value is -1.07. The third-order valence-electron chi connectivity index (χ3n) is 3.85. The van der Waals surface area contributed by atoms with Gasteiger partial charge in [-0.25, -0.2) is 4.98 Å². The Labute approximate surface area is 151 Å². The van der Waals surface area contributed by atoms with Gasteiger partial charge in [0.2, 0.25) is 5.95 Å². The third-order valence-corrected chi connectivity index (χ3v) is 4.46. The van der Waals surface area contributed by atoms with E-state index >= 15 is 0 Å². The molecule has 0 radical (unpaired) electrons. The number of hydrogen-bond acceptors (Lipinski definition) is 3. The van der Waals surface area contributed by atoms with E-state index in [1.54, 1.807) is 18.3 Å². The summed E-state index contributed by atoms with van der Waals surface area (Å²) in [5.74, 6) is -0.451. The minimum absolute atomic E-state index is 0. The van der Waals surface area contributed by atoms with Gasteiger partial charge >= 0.3 is 0 Å². The first-order valence-corrected chi connectivity index (χ1v) is 7.91. The van der Waals surface area contributed by atoms with E-state index in [0.29, 0.717) is 17.6 Å². The van der Waals surface area contributed by atoms with Crippen LogP contribution in [-0.4, -0.2) is 24.1 Å². The fraction of sp³-hybridized carbons (Fsp3) is 0.312. The molecule has 1 saturated heterocycles. The van der Waals surface area contributed by atoms with E-state index in [1.807, 2.05) is 12.1 Å². The summed E-state index contributed by atoms with van der Waals surface area (Å²) in [6.45, 7) is 2.47. The molecule has 23 heavy (non-hydrogen) atoms. The van der Waals surface area contributed by atoms with Gasteiger partial charge in [-0.3, -0.25) is 0 Å². The number of halogens is 4. The molecule has 0 amide bonds. The van der Waals surface area contributed by atoms with Crippen LogP contribution in [0.3, 0.4) is 0 Å². The summed E-state index contributed by atoms with van der Waals surface area (Å²) >= 11 is 12.2. The van der Waals surface area contributed by atoms with Crippen LogP contribution in [0.5, 0.6) is 0 Å². The van der Waals surface area contributed by atoms with Crippen LogP contribution in [0.2, 0.25) is 10.0 Å². The van der Waals surface area contributed by atoms with Crippen LogP contribution in [0, 0.1) is 5.95 Å². The maximum Gasteiger partial charge on any atom is 0.212 e. The van der Waals surface area contributed by atoms with Gasteiger partial charge < -0.3 is 10.2 Å². The largest absolute Gasteiger partial charge is 0.369 e. The topological polar surface area (TPSA) is 28.2 Å². The van der Waals surface area contributed by atoms with Crippen molar-refractivity contribution < 1.29 is 4.39 Å². The number of anilines is 1. The molecule has 1 aromatic carbocycles. The number of hydrogen-bond donors (Lipinski definition) is 1. The van der Waals surface area contributed by atoms with Crippen molar-refractivity contribution in [3.63, 3.8) is 0 Å². The number of benzene rings is 1. The molecule has 0 spiro atoms. The summed E-state index contributed by atoms with van der Waals surface area (Å²) < 4.78 is 12.9. The maximum absolute atomic E-state index is 12.9. The van der Waals surface area contributed by atoms with Crippen molar-refractivity contribution in [3.05, 3.63) is 58.1 Å². The van der Waals surface area contributed by atoms with E-state index in [2.05, 4.69) is 15.2 Å². The molecule has 3 nitrogen and oxygen atoms in total. The Kier molecular flexibility index (Phi) is 6.48. The molecule has 2 aromatic rings. The zero-order chi connectivity index (χ0) is 15.5. The predicted octanol–water partition coefficient (Wildman–Crippen LogP) is 4.32. The maximum atomic E-state index is 12.9. The monoisotopic (exact) mass is 375 g/mol. The standard InChI is InChI=1S/C16H16Cl2FN3.ClH/c17-12-1-3-15(18)11(7-12)8-20-13-5-6-22(10-13)14-2-4-16(19)21-9-14;/h1-4,7,9,13,20H,5-6,8,10H2;1H. The zero-order valence-electron chi connectivity index (χ0n) is 12.3. The van der Waals surface area contributed by atoms with Gasteiger partial charge in [-0.05, 0) is 42.3 Å². The Balaban J connectivity index is 0.00000192. The Morgan fingerprint density at radius 2 is 2.09 bits per heavy atom. The highest BCUT2D eigenvalue weighted by atomic mass is 35.5. The minimum Gasteiger partial charge on any atom is -0.369 e. The molecule has 0 saturated carbocycles. The molecule has 1 fully saturated rings. The number of aromatic nitrogens is 1. The van der Waals surface area contributed by atoms with Crippen molar-refractivity contribution in [1.29, 1.82) is 0 Å². The molecule has 3 rings (SSSR count). The fourth-order valence-corrected chi connectivity index (χ4v) is 3.03. The molecule has 124 valence electrons. The lowest BCUT2D eigenvalue weighted by atomic mass is 10.2. The summed E-state index contributed by atoms with van der Waals surface area (Å²) in [5, 5.41) is 4.90. The fourth-order valence-electron chi connectivity index (χ4n) is 2.65. The lowest BCUT2D eigenvalue weighted by molar-refractivity contribution is 0.551. The molecular weight excluding hydrogens is 360 g/mol. The van der Waals surface area contributed by atoms with E-state index in [0.717, 1.165) is 35.8 Å². The van der Waals surface area contributed by atoms with Gasteiger partial charge in [0.15, 0.2) is 0 Å². The average Bonchev–Trinajstić information content (AvgIpc) is 2.98. The van der Waals surface area contributed by atoms with Crippen molar-refractivity contribution in [2.75, 3.05) is 18.0 Å². The van der Waals surface area contributed by atoms with Crippen molar-refractivity contribution in [2.24, 2.45) is 0 Å². The van der Waals surface area contributed by atoms with Crippen LogP contribution in [0.4, 0.5) is 10.1 Å². The molecular formula is C16H17Cl3FN3. The molecule has 2 heterocycles. The van der Waals surface area contributed by atoms with Crippen LogP contribution in [0.15, 0.2) is 36.5 Å². The van der Waals surface area contributed by atoms with Gasteiger partial charge in [0.1, 0.15) is 0 Å². The highest BCUT2D eigenvalue weighted by molar-refractivity contribution is 6.33. The quantitative estimate of drug-likeness (QED) is 0.806. The second-order valence-electron chi connectivity index (χ2n) is 5.39. The molecule has 1 atom stereocenters. The van der Waals surface area contributed by atoms with Crippen molar-refractivity contribution >= 4 is 41.3 Å². The number of nitrogens with zero attached hydrogens (tertiary/aromatic N) is 2. The number of nitrogens with one attached hydrogen (secondary N) is 1. The van der Waals surface area contributed by atoms with Crippen LogP contribution in [0.1, 0.15) is 12.0 Å². The van der Waals surface area contributed by atoms with Crippen molar-refractivity contribution in [2.45, 2.75) is 19.0 Å². The van der Waals surface area contributed by atoms with E-state index in [-0.39, 0.29) is 12.4 Å². The second-order valence-corrected chi connectivity index (χ2v) is 6.23. The molecule has 1 N–H and O–H groups in total. The van der Waals surface area contributed by atoms with Gasteiger partial charge in [0, 0.05) is 35.7 Å². The highest BCUT2D eigenvalue weighted by Gasteiger charge is 2.22. The SMILES string of the molecule is Cl.Fc1ccc(N2CCC(NCc3cc(Cl)ccc3Cl)C2)cn1. The minimum atomic E-state index is -0.451. The van der Waals surface area contributed by atoms with Crippen molar-refractivity contribution in [3.8, 4) is 0 Å². The summed E-state index contributed by atoms with van der Waals surface area (Å²) in [6.07, 6.45) is 2.60. The predicted molar refractivity (Wildman–Crippen MR) is 95.4 cm³/mol. The smallest absolute Gasteiger partial charge is 0.212 e. The van der Waals surface area contributed by atoms with Gasteiger partial charge in [0.25, 0.3) is 0 Å². The zero-order valence-corrected chi connectivity index (χ0v) is 14.6. The van der Waals surface area contributed by atoms with Crippen LogP contribution < -0.4 is 10.2 Å². The lowest BCUT2D eigenvalue weighted by Crippen LogP contribution is -2.32. The van der Waals surface area contributed by atoms with Gasteiger partial charge in [-0.2, -0.15) is 4.39 Å². The molecule has 1 aliphatic heterocycles. The summed E-state index contributed by atoms with van der Waals surface area (Å²) in [7, 11) is 0. The molecule has 1 unspecified atom stereocenters. The van der Waals surface area contributed by atoms with E-state index < -0.39 is 5.95 Å². The van der Waals surface area contributed by atoms with Crippen LogP contribution in [-0.2, 0) is 6.54 Å².